The smallest absolute Gasteiger partial charge is 0.261 e. The van der Waals surface area contributed by atoms with Crippen molar-refractivity contribution in [1.82, 2.24) is 14.9 Å². The van der Waals surface area contributed by atoms with Crippen molar-refractivity contribution in [3.05, 3.63) is 69.8 Å². The van der Waals surface area contributed by atoms with Gasteiger partial charge < -0.3 is 10.1 Å². The maximum Gasteiger partial charge on any atom is 0.261 e. The third-order valence-corrected chi connectivity index (χ3v) is 5.12. The molecule has 0 radical (unpaired) electrons. The summed E-state index contributed by atoms with van der Waals surface area (Å²) in [6.45, 7) is 5.22. The lowest BCUT2D eigenvalue weighted by Crippen LogP contribution is -2.27. The van der Waals surface area contributed by atoms with Crippen LogP contribution in [0, 0.1) is 0 Å². The number of hydrogen-bond acceptors (Lipinski definition) is 4. The summed E-state index contributed by atoms with van der Waals surface area (Å²) in [7, 11) is 0. The number of aromatic nitrogens is 2. The standard InChI is InChI=1S/C22H23N3O3/c1-3-28-17-9-6-15(7-10-17)14(2)23-21(26)16-8-11-18-19(13-16)24-20-5-4-12-25(20)22(18)27/h6-11,13-14H,3-5,12H2,1-2H3,(H,23,26)/t14-/m0/s1. The molecule has 0 fully saturated rings. The number of carbonyl (C=O) groups is 1. The highest BCUT2D eigenvalue weighted by atomic mass is 16.5. The maximum atomic E-state index is 12.7. The highest BCUT2D eigenvalue weighted by molar-refractivity contribution is 5.97. The molecule has 2 aromatic carbocycles. The van der Waals surface area contributed by atoms with Gasteiger partial charge in [-0.05, 0) is 56.2 Å². The van der Waals surface area contributed by atoms with Crippen molar-refractivity contribution in [2.75, 3.05) is 6.61 Å². The SMILES string of the molecule is CCOc1ccc([C@H](C)NC(=O)c2ccc3c(=O)n4c(nc3c2)CCC4)cc1. The molecule has 144 valence electrons. The van der Waals surface area contributed by atoms with Crippen LogP contribution in [0.4, 0.5) is 0 Å². The molecule has 4 rings (SSSR count). The summed E-state index contributed by atoms with van der Waals surface area (Å²) in [4.78, 5) is 29.9. The Kier molecular flexibility index (Phi) is 4.86. The van der Waals surface area contributed by atoms with Crippen LogP contribution in [0.2, 0.25) is 0 Å². The Balaban J connectivity index is 1.55. The Morgan fingerprint density at radius 1 is 1.25 bits per heavy atom. The molecule has 3 aromatic rings. The lowest BCUT2D eigenvalue weighted by Gasteiger charge is -2.15. The molecule has 1 atom stereocenters. The van der Waals surface area contributed by atoms with E-state index >= 15 is 0 Å². The average Bonchev–Trinajstić information content (AvgIpc) is 3.17. The first-order chi connectivity index (χ1) is 13.6. The predicted octanol–water partition coefficient (Wildman–Crippen LogP) is 3.23. The monoisotopic (exact) mass is 377 g/mol. The summed E-state index contributed by atoms with van der Waals surface area (Å²) in [6, 6.07) is 12.6. The van der Waals surface area contributed by atoms with Gasteiger partial charge in [0.1, 0.15) is 11.6 Å². The van der Waals surface area contributed by atoms with E-state index in [2.05, 4.69) is 10.3 Å². The van der Waals surface area contributed by atoms with Crippen LogP contribution in [0.25, 0.3) is 10.9 Å². The van der Waals surface area contributed by atoms with Crippen LogP contribution >= 0.6 is 0 Å². The minimum atomic E-state index is -0.189. The zero-order valence-electron chi connectivity index (χ0n) is 16.1. The Hall–Kier alpha value is -3.15. The van der Waals surface area contributed by atoms with Gasteiger partial charge in [-0.3, -0.25) is 14.2 Å². The van der Waals surface area contributed by atoms with Gasteiger partial charge >= 0.3 is 0 Å². The number of amides is 1. The van der Waals surface area contributed by atoms with E-state index in [1.54, 1.807) is 22.8 Å². The molecule has 0 unspecified atom stereocenters. The molecule has 1 N–H and O–H groups in total. The van der Waals surface area contributed by atoms with Gasteiger partial charge in [-0.2, -0.15) is 0 Å². The molecule has 1 aromatic heterocycles. The number of carbonyl (C=O) groups excluding carboxylic acids is 1. The zero-order valence-corrected chi connectivity index (χ0v) is 16.1. The Morgan fingerprint density at radius 2 is 2.04 bits per heavy atom. The molecular weight excluding hydrogens is 354 g/mol. The van der Waals surface area contributed by atoms with Gasteiger partial charge in [-0.25, -0.2) is 4.98 Å². The van der Waals surface area contributed by atoms with E-state index in [0.717, 1.165) is 36.5 Å². The van der Waals surface area contributed by atoms with Crippen LogP contribution in [-0.2, 0) is 13.0 Å². The molecule has 0 bridgehead atoms. The van der Waals surface area contributed by atoms with Crippen LogP contribution in [0.3, 0.4) is 0 Å². The molecule has 1 amide bonds. The van der Waals surface area contributed by atoms with E-state index in [1.165, 1.54) is 0 Å². The quantitative estimate of drug-likeness (QED) is 0.741. The van der Waals surface area contributed by atoms with E-state index in [1.807, 2.05) is 38.1 Å². The second-order valence-corrected chi connectivity index (χ2v) is 7.02. The van der Waals surface area contributed by atoms with Crippen molar-refractivity contribution in [2.24, 2.45) is 0 Å². The minimum Gasteiger partial charge on any atom is -0.494 e. The lowest BCUT2D eigenvalue weighted by atomic mass is 10.1. The Labute approximate surface area is 163 Å². The van der Waals surface area contributed by atoms with Gasteiger partial charge in [0.15, 0.2) is 0 Å². The van der Waals surface area contributed by atoms with Gasteiger partial charge in [-0.1, -0.05) is 12.1 Å². The highest BCUT2D eigenvalue weighted by Crippen LogP contribution is 2.19. The van der Waals surface area contributed by atoms with Crippen LogP contribution < -0.4 is 15.6 Å². The summed E-state index contributed by atoms with van der Waals surface area (Å²) in [5.74, 6) is 1.42. The molecule has 0 aliphatic carbocycles. The van der Waals surface area contributed by atoms with Crippen LogP contribution in [0.15, 0.2) is 47.3 Å². The third kappa shape index (κ3) is 3.38. The van der Waals surface area contributed by atoms with Gasteiger partial charge in [0.2, 0.25) is 0 Å². The van der Waals surface area contributed by atoms with Crippen molar-refractivity contribution in [3.63, 3.8) is 0 Å². The highest BCUT2D eigenvalue weighted by Gasteiger charge is 2.18. The molecule has 1 aliphatic heterocycles. The normalized spacial score (nSPS) is 13.9. The number of nitrogens with one attached hydrogen (secondary N) is 1. The van der Waals surface area contributed by atoms with Crippen molar-refractivity contribution < 1.29 is 9.53 Å². The van der Waals surface area contributed by atoms with E-state index in [-0.39, 0.29) is 17.5 Å². The first-order valence-corrected chi connectivity index (χ1v) is 9.64. The number of ether oxygens (including phenoxy) is 1. The molecule has 6 nitrogen and oxygen atoms in total. The first-order valence-electron chi connectivity index (χ1n) is 9.64. The molecule has 28 heavy (non-hydrogen) atoms. The Bertz CT molecular complexity index is 1090. The van der Waals surface area contributed by atoms with E-state index in [0.29, 0.717) is 23.1 Å². The summed E-state index contributed by atoms with van der Waals surface area (Å²) in [5, 5.41) is 3.56. The second-order valence-electron chi connectivity index (χ2n) is 7.02. The number of rotatable bonds is 5. The minimum absolute atomic E-state index is 0.0211. The summed E-state index contributed by atoms with van der Waals surface area (Å²) in [6.07, 6.45) is 1.74. The zero-order chi connectivity index (χ0) is 19.7. The van der Waals surface area contributed by atoms with Crippen LogP contribution in [-0.4, -0.2) is 22.1 Å². The molecule has 6 heteroatoms. The van der Waals surface area contributed by atoms with Crippen molar-refractivity contribution in [1.29, 1.82) is 0 Å². The van der Waals surface area contributed by atoms with Gasteiger partial charge in [0, 0.05) is 18.5 Å². The van der Waals surface area contributed by atoms with Crippen molar-refractivity contribution in [2.45, 2.75) is 39.3 Å². The predicted molar refractivity (Wildman–Crippen MR) is 108 cm³/mol. The van der Waals surface area contributed by atoms with Crippen molar-refractivity contribution in [3.8, 4) is 5.75 Å². The average molecular weight is 377 g/mol. The van der Waals surface area contributed by atoms with Crippen molar-refractivity contribution >= 4 is 16.8 Å². The number of benzene rings is 2. The third-order valence-electron chi connectivity index (χ3n) is 5.12. The second kappa shape index (κ2) is 7.46. The lowest BCUT2D eigenvalue weighted by molar-refractivity contribution is 0.0940. The fourth-order valence-corrected chi connectivity index (χ4v) is 3.61. The van der Waals surface area contributed by atoms with E-state index in [4.69, 9.17) is 4.74 Å². The van der Waals surface area contributed by atoms with Crippen LogP contribution in [0.1, 0.15) is 48.1 Å². The number of fused-ring (bicyclic) bond motifs is 2. The topological polar surface area (TPSA) is 73.2 Å². The molecular formula is C22H23N3O3. The summed E-state index contributed by atoms with van der Waals surface area (Å²) < 4.78 is 7.18. The molecule has 1 aliphatic rings. The van der Waals surface area contributed by atoms with Crippen LogP contribution in [0.5, 0.6) is 5.75 Å². The fourth-order valence-electron chi connectivity index (χ4n) is 3.61. The number of hydrogen-bond donors (Lipinski definition) is 1. The Morgan fingerprint density at radius 3 is 2.79 bits per heavy atom. The first kappa shape index (κ1) is 18.2. The van der Waals surface area contributed by atoms with Gasteiger partial charge in [0.25, 0.3) is 11.5 Å². The molecule has 0 spiro atoms. The number of aryl methyl sites for hydroxylation is 1. The number of nitrogens with zero attached hydrogens (tertiary/aromatic N) is 2. The van der Waals surface area contributed by atoms with E-state index in [9.17, 15) is 9.59 Å². The maximum absolute atomic E-state index is 12.7. The van der Waals surface area contributed by atoms with Gasteiger partial charge in [0.05, 0.1) is 23.6 Å². The molecule has 0 saturated heterocycles. The largest absolute Gasteiger partial charge is 0.494 e. The fraction of sp³-hybridized carbons (Fsp3) is 0.318. The summed E-state index contributed by atoms with van der Waals surface area (Å²) in [5.41, 5.74) is 2.05. The summed E-state index contributed by atoms with van der Waals surface area (Å²) >= 11 is 0. The molecule has 0 saturated carbocycles. The van der Waals surface area contributed by atoms with E-state index < -0.39 is 0 Å². The molecule has 2 heterocycles. The van der Waals surface area contributed by atoms with Gasteiger partial charge in [-0.15, -0.1) is 0 Å².